The summed E-state index contributed by atoms with van der Waals surface area (Å²) in [6, 6.07) is 5.72. The summed E-state index contributed by atoms with van der Waals surface area (Å²) in [5.74, 6) is 0.512. The van der Waals surface area contributed by atoms with Gasteiger partial charge in [0, 0.05) is 26.2 Å². The van der Waals surface area contributed by atoms with Crippen LogP contribution in [0.2, 0.25) is 0 Å². The smallest absolute Gasteiger partial charge is 0.191 e. The highest BCUT2D eigenvalue weighted by molar-refractivity contribution is 14.0. The Morgan fingerprint density at radius 3 is 2.87 bits per heavy atom. The number of hydrogen-bond donors (Lipinski definition) is 2. The van der Waals surface area contributed by atoms with Crippen molar-refractivity contribution in [2.75, 3.05) is 26.7 Å². The molecule has 1 aliphatic rings. The molecular weight excluding hydrogens is 474 g/mol. The van der Waals surface area contributed by atoms with Crippen LogP contribution in [0.15, 0.2) is 27.7 Å². The molecule has 1 aromatic rings. The van der Waals surface area contributed by atoms with Crippen molar-refractivity contribution < 1.29 is 4.39 Å². The van der Waals surface area contributed by atoms with Gasteiger partial charge in [-0.3, -0.25) is 9.89 Å². The van der Waals surface area contributed by atoms with E-state index in [1.54, 1.807) is 13.1 Å². The summed E-state index contributed by atoms with van der Waals surface area (Å²) in [6.45, 7) is 5.92. The van der Waals surface area contributed by atoms with Crippen LogP contribution in [0.25, 0.3) is 0 Å². The first-order valence-corrected chi connectivity index (χ1v) is 8.55. The van der Waals surface area contributed by atoms with Gasteiger partial charge >= 0.3 is 0 Å². The van der Waals surface area contributed by atoms with Crippen LogP contribution >= 0.6 is 39.9 Å². The zero-order valence-corrected chi connectivity index (χ0v) is 17.5. The van der Waals surface area contributed by atoms with Gasteiger partial charge in [-0.2, -0.15) is 0 Å². The zero-order chi connectivity index (χ0) is 15.9. The molecule has 23 heavy (non-hydrogen) atoms. The van der Waals surface area contributed by atoms with Gasteiger partial charge in [-0.15, -0.1) is 24.0 Å². The van der Waals surface area contributed by atoms with E-state index in [1.807, 2.05) is 6.07 Å². The second-order valence-corrected chi connectivity index (χ2v) is 6.33. The molecule has 130 valence electrons. The summed E-state index contributed by atoms with van der Waals surface area (Å²) in [5, 5.41) is 6.59. The van der Waals surface area contributed by atoms with E-state index in [2.05, 4.69) is 43.4 Å². The van der Waals surface area contributed by atoms with Crippen LogP contribution in [-0.4, -0.2) is 43.6 Å². The molecule has 0 aliphatic carbocycles. The molecule has 2 N–H and O–H groups in total. The Hall–Kier alpha value is -0.410. The van der Waals surface area contributed by atoms with E-state index in [1.165, 1.54) is 25.5 Å². The molecule has 1 fully saturated rings. The summed E-state index contributed by atoms with van der Waals surface area (Å²) in [5.41, 5.74) is 0.889. The van der Waals surface area contributed by atoms with Gasteiger partial charge in [0.05, 0.1) is 4.47 Å². The topological polar surface area (TPSA) is 39.7 Å². The maximum absolute atomic E-state index is 13.5. The zero-order valence-electron chi connectivity index (χ0n) is 13.6. The lowest BCUT2D eigenvalue weighted by atomic mass is 10.2. The summed E-state index contributed by atoms with van der Waals surface area (Å²) in [7, 11) is 1.75. The molecular formula is C16H25BrFIN4. The molecule has 1 atom stereocenters. The maximum atomic E-state index is 13.5. The number of hydrogen-bond acceptors (Lipinski definition) is 2. The number of rotatable bonds is 5. The van der Waals surface area contributed by atoms with Crippen LogP contribution in [0.3, 0.4) is 0 Å². The molecule has 0 aromatic heterocycles. The number of guanidine groups is 1. The average molecular weight is 499 g/mol. The van der Waals surface area contributed by atoms with Crippen LogP contribution in [0.1, 0.15) is 25.3 Å². The van der Waals surface area contributed by atoms with Crippen molar-refractivity contribution in [3.8, 4) is 0 Å². The van der Waals surface area contributed by atoms with Gasteiger partial charge in [0.15, 0.2) is 5.96 Å². The van der Waals surface area contributed by atoms with Gasteiger partial charge in [0.2, 0.25) is 0 Å². The maximum Gasteiger partial charge on any atom is 0.191 e. The van der Waals surface area contributed by atoms with Crippen molar-refractivity contribution in [3.05, 3.63) is 34.1 Å². The normalized spacial score (nSPS) is 18.6. The number of aliphatic imine (C=N–C) groups is 1. The molecule has 4 nitrogen and oxygen atoms in total. The third kappa shape index (κ3) is 6.19. The van der Waals surface area contributed by atoms with E-state index in [-0.39, 0.29) is 29.8 Å². The van der Waals surface area contributed by atoms with Gasteiger partial charge in [0.1, 0.15) is 5.82 Å². The predicted molar refractivity (Wildman–Crippen MR) is 108 cm³/mol. The summed E-state index contributed by atoms with van der Waals surface area (Å²) >= 11 is 3.16. The minimum Gasteiger partial charge on any atom is -0.355 e. The van der Waals surface area contributed by atoms with E-state index >= 15 is 0 Å². The third-order valence-electron chi connectivity index (χ3n) is 4.08. The number of likely N-dealkylation sites (N-methyl/N-ethyl adjacent to an activating group) is 1. The van der Waals surface area contributed by atoms with Crippen molar-refractivity contribution in [2.45, 2.75) is 32.4 Å². The Balaban J connectivity index is 0.00000264. The van der Waals surface area contributed by atoms with Crippen LogP contribution in [-0.2, 0) is 6.54 Å². The minimum atomic E-state index is -0.244. The largest absolute Gasteiger partial charge is 0.355 e. The lowest BCUT2D eigenvalue weighted by Gasteiger charge is -2.24. The molecule has 1 aliphatic heterocycles. The lowest BCUT2D eigenvalue weighted by Crippen LogP contribution is -2.44. The quantitative estimate of drug-likeness (QED) is 0.371. The number of nitrogens with zero attached hydrogens (tertiary/aromatic N) is 2. The second kappa shape index (κ2) is 10.5. The van der Waals surface area contributed by atoms with Crippen LogP contribution in [0, 0.1) is 5.82 Å². The van der Waals surface area contributed by atoms with Crippen LogP contribution < -0.4 is 10.6 Å². The number of benzene rings is 1. The van der Waals surface area contributed by atoms with E-state index in [0.717, 1.165) is 24.6 Å². The molecule has 1 heterocycles. The number of likely N-dealkylation sites (tertiary alicyclic amines) is 1. The monoisotopic (exact) mass is 498 g/mol. The lowest BCUT2D eigenvalue weighted by molar-refractivity contribution is 0.267. The predicted octanol–water partition coefficient (Wildman–Crippen LogP) is 3.36. The summed E-state index contributed by atoms with van der Waals surface area (Å²) in [4.78, 5) is 6.72. The second-order valence-electron chi connectivity index (χ2n) is 5.48. The first kappa shape index (κ1) is 20.6. The fourth-order valence-electron chi connectivity index (χ4n) is 2.81. The molecule has 1 unspecified atom stereocenters. The van der Waals surface area contributed by atoms with Crippen molar-refractivity contribution in [2.24, 2.45) is 4.99 Å². The Morgan fingerprint density at radius 2 is 2.22 bits per heavy atom. The Kier molecular flexibility index (Phi) is 9.38. The molecule has 0 bridgehead atoms. The molecule has 2 rings (SSSR count). The highest BCUT2D eigenvalue weighted by Gasteiger charge is 2.22. The molecule has 1 aromatic carbocycles. The van der Waals surface area contributed by atoms with Gasteiger partial charge in [-0.25, -0.2) is 4.39 Å². The summed E-state index contributed by atoms with van der Waals surface area (Å²) in [6.07, 6.45) is 2.50. The molecule has 0 amide bonds. The molecule has 0 spiro atoms. The van der Waals surface area contributed by atoms with Gasteiger partial charge in [-0.1, -0.05) is 13.0 Å². The van der Waals surface area contributed by atoms with Crippen molar-refractivity contribution in [3.63, 3.8) is 0 Å². The SMILES string of the molecule is CCN1CCCC1CNC(=NC)NCc1ccc(Br)c(F)c1.I. The van der Waals surface area contributed by atoms with Crippen LogP contribution in [0.5, 0.6) is 0 Å². The van der Waals surface area contributed by atoms with Gasteiger partial charge in [0.25, 0.3) is 0 Å². The van der Waals surface area contributed by atoms with E-state index in [9.17, 15) is 4.39 Å². The third-order valence-corrected chi connectivity index (χ3v) is 4.72. The van der Waals surface area contributed by atoms with Crippen molar-refractivity contribution in [1.29, 1.82) is 0 Å². The van der Waals surface area contributed by atoms with Gasteiger partial charge < -0.3 is 10.6 Å². The van der Waals surface area contributed by atoms with Crippen LogP contribution in [0.4, 0.5) is 4.39 Å². The van der Waals surface area contributed by atoms with Crippen molar-refractivity contribution >= 4 is 45.9 Å². The Morgan fingerprint density at radius 1 is 1.43 bits per heavy atom. The van der Waals surface area contributed by atoms with Gasteiger partial charge in [-0.05, 0) is 59.6 Å². The summed E-state index contributed by atoms with van der Waals surface area (Å²) < 4.78 is 14.0. The average Bonchev–Trinajstić information content (AvgIpc) is 2.98. The highest BCUT2D eigenvalue weighted by atomic mass is 127. The standard InChI is InChI=1S/C16H24BrFN4.HI/c1-3-22-8-4-5-13(22)11-21-16(19-2)20-10-12-6-7-14(17)15(18)9-12;/h6-7,9,13H,3-5,8,10-11H2,1-2H3,(H2,19,20,21);1H. The number of halogens is 3. The van der Waals surface area contributed by atoms with E-state index in [4.69, 9.17) is 0 Å². The Bertz CT molecular complexity index is 527. The van der Waals surface area contributed by atoms with Crippen molar-refractivity contribution in [1.82, 2.24) is 15.5 Å². The highest BCUT2D eigenvalue weighted by Crippen LogP contribution is 2.16. The minimum absolute atomic E-state index is 0. The molecule has 0 saturated carbocycles. The number of nitrogens with one attached hydrogen (secondary N) is 2. The first-order valence-electron chi connectivity index (χ1n) is 7.76. The molecule has 0 radical (unpaired) electrons. The molecule has 7 heteroatoms. The molecule has 1 saturated heterocycles. The Labute approximate surface area is 163 Å². The first-order chi connectivity index (χ1) is 10.6. The van der Waals surface area contributed by atoms with E-state index in [0.29, 0.717) is 17.1 Å². The van der Waals surface area contributed by atoms with E-state index < -0.39 is 0 Å². The fourth-order valence-corrected chi connectivity index (χ4v) is 3.06. The fraction of sp³-hybridized carbons (Fsp3) is 0.562.